The molecule has 3 atom stereocenters. The van der Waals surface area contributed by atoms with Crippen molar-refractivity contribution in [1.29, 1.82) is 0 Å². The quantitative estimate of drug-likeness (QED) is 0.420. The summed E-state index contributed by atoms with van der Waals surface area (Å²) in [7, 11) is -4.55. The number of nitrogens with zero attached hydrogens (tertiary/aromatic N) is 4. The molecule has 1 aromatic carbocycles. The summed E-state index contributed by atoms with van der Waals surface area (Å²) >= 11 is 0. The van der Waals surface area contributed by atoms with E-state index in [0.29, 0.717) is 17.7 Å². The highest BCUT2D eigenvalue weighted by Gasteiger charge is 2.55. The number of oxazole rings is 1. The van der Waals surface area contributed by atoms with Crippen LogP contribution in [-0.2, 0) is 19.6 Å². The molecule has 0 spiro atoms. The summed E-state index contributed by atoms with van der Waals surface area (Å²) in [6.45, 7) is 3.41. The third kappa shape index (κ3) is 5.55. The Morgan fingerprint density at radius 3 is 2.51 bits per heavy atom. The minimum atomic E-state index is -4.55. The van der Waals surface area contributed by atoms with Gasteiger partial charge in [0.15, 0.2) is 17.9 Å². The lowest BCUT2D eigenvalue weighted by Crippen LogP contribution is -2.53. The number of carbonyl (C=O) groups is 4. The number of amides is 2. The first-order valence-corrected chi connectivity index (χ1v) is 14.6. The zero-order valence-corrected chi connectivity index (χ0v) is 23.3. The Labute approximate surface area is 236 Å². The maximum absolute atomic E-state index is 13.8. The van der Waals surface area contributed by atoms with Crippen LogP contribution in [0.5, 0.6) is 0 Å². The van der Waals surface area contributed by atoms with Gasteiger partial charge in [0.1, 0.15) is 17.8 Å². The number of nitrogens with one attached hydrogen (secondary N) is 1. The lowest BCUT2D eigenvalue weighted by molar-refractivity contribution is -0.138. The molecule has 0 saturated carbocycles. The van der Waals surface area contributed by atoms with E-state index < -0.39 is 57.4 Å². The molecular weight excluding hydrogens is 550 g/mol. The third-order valence-corrected chi connectivity index (χ3v) is 8.95. The van der Waals surface area contributed by atoms with Crippen molar-refractivity contribution in [2.45, 2.75) is 44.8 Å². The smallest absolute Gasteiger partial charge is 0.310 e. The van der Waals surface area contributed by atoms with Crippen LogP contribution in [0.3, 0.4) is 0 Å². The van der Waals surface area contributed by atoms with Gasteiger partial charge in [0, 0.05) is 23.9 Å². The number of likely N-dealkylation sites (tertiary alicyclic amines) is 1. The number of carbonyl (C=O) groups excluding carboxylic acids is 4. The first kappa shape index (κ1) is 28.3. The number of fused-ring (bicyclic) bond motifs is 1. The largest absolute Gasteiger partial charge is 0.444 e. The number of ketones is 1. The number of Topliss-reactive ketones (excluding diaryl/α,β-unsaturated/α-hetero) is 1. The van der Waals surface area contributed by atoms with E-state index in [1.54, 1.807) is 36.5 Å². The molecule has 2 fully saturated rings. The highest BCUT2D eigenvalue weighted by atomic mass is 32.2. The fourth-order valence-electron chi connectivity index (χ4n) is 5.34. The van der Waals surface area contributed by atoms with Crippen molar-refractivity contribution in [1.82, 2.24) is 24.5 Å². The fraction of sp³-hybridized carbons (Fsp3) is 0.357. The molecule has 3 aromatic rings. The first-order chi connectivity index (χ1) is 19.6. The van der Waals surface area contributed by atoms with Gasteiger partial charge in [0.25, 0.3) is 15.9 Å². The Morgan fingerprint density at radius 2 is 1.88 bits per heavy atom. The van der Waals surface area contributed by atoms with Crippen LogP contribution in [0.15, 0.2) is 65.7 Å². The van der Waals surface area contributed by atoms with E-state index in [-0.39, 0.29) is 24.6 Å². The number of benzene rings is 1. The third-order valence-electron chi connectivity index (χ3n) is 7.25. The van der Waals surface area contributed by atoms with Crippen LogP contribution in [0.2, 0.25) is 0 Å². The van der Waals surface area contributed by atoms with E-state index in [1.165, 1.54) is 29.6 Å². The summed E-state index contributed by atoms with van der Waals surface area (Å²) in [6.07, 6.45) is 4.67. The average Bonchev–Trinajstić information content (AvgIpc) is 3.71. The van der Waals surface area contributed by atoms with E-state index in [1.807, 2.05) is 13.8 Å². The Bertz CT molecular complexity index is 1560. The Balaban J connectivity index is 1.32. The normalized spacial score (nSPS) is 19.8. The van der Waals surface area contributed by atoms with E-state index in [4.69, 9.17) is 4.42 Å². The molecule has 1 N–H and O–H groups in total. The van der Waals surface area contributed by atoms with Crippen LogP contribution in [-0.4, -0.2) is 81.5 Å². The SMILES string of the molecule is CC(C)CC(NC(=O)c1ccc(-c2cnco2)cc1)C(=O)N1CCC2C1C(=O)CN2S(=O)(=O)C(=O)c1ccccn1. The van der Waals surface area contributed by atoms with Crippen molar-refractivity contribution >= 4 is 32.7 Å². The molecule has 0 bridgehead atoms. The van der Waals surface area contributed by atoms with Crippen LogP contribution in [0.1, 0.15) is 47.5 Å². The van der Waals surface area contributed by atoms with Gasteiger partial charge in [0.2, 0.25) is 5.91 Å². The standard InChI is InChI=1S/C28H29N5O7S/c1-17(2)13-21(31-26(35)19-8-6-18(7-9-19)24-14-29-16-40-24)27(36)32-12-10-22-25(32)23(34)15-33(22)41(38,39)28(37)20-5-3-4-11-30-20/h3-9,11,14,16-17,21-22,25H,10,12-13,15H2,1-2H3,(H,31,35). The van der Waals surface area contributed by atoms with E-state index in [0.717, 1.165) is 9.87 Å². The molecular formula is C28H29N5O7S. The molecule has 214 valence electrons. The molecule has 12 nitrogen and oxygen atoms in total. The summed E-state index contributed by atoms with van der Waals surface area (Å²) in [6, 6.07) is 8.12. The van der Waals surface area contributed by atoms with Crippen molar-refractivity contribution in [2.24, 2.45) is 5.92 Å². The van der Waals surface area contributed by atoms with Gasteiger partial charge < -0.3 is 14.6 Å². The molecule has 0 radical (unpaired) electrons. The molecule has 13 heteroatoms. The molecule has 2 aliphatic heterocycles. The summed E-state index contributed by atoms with van der Waals surface area (Å²) in [5, 5.41) is 1.60. The average molecular weight is 580 g/mol. The number of sulfonamides is 1. The number of rotatable bonds is 8. The van der Waals surface area contributed by atoms with Gasteiger partial charge in [-0.1, -0.05) is 32.0 Å². The van der Waals surface area contributed by atoms with Crippen molar-refractivity contribution in [3.8, 4) is 11.3 Å². The summed E-state index contributed by atoms with van der Waals surface area (Å²) in [5.41, 5.74) is 0.817. The Morgan fingerprint density at radius 1 is 1.12 bits per heavy atom. The van der Waals surface area contributed by atoms with Gasteiger partial charge in [-0.05, 0) is 43.0 Å². The molecule has 4 heterocycles. The van der Waals surface area contributed by atoms with Crippen molar-refractivity contribution in [3.63, 3.8) is 0 Å². The zero-order valence-electron chi connectivity index (χ0n) is 22.5. The minimum absolute atomic E-state index is 0.0311. The predicted molar refractivity (Wildman–Crippen MR) is 146 cm³/mol. The summed E-state index contributed by atoms with van der Waals surface area (Å²) in [5.74, 6) is -0.833. The maximum atomic E-state index is 13.8. The fourth-order valence-corrected chi connectivity index (χ4v) is 6.81. The maximum Gasteiger partial charge on any atom is 0.310 e. The van der Waals surface area contributed by atoms with Gasteiger partial charge in [-0.3, -0.25) is 24.2 Å². The highest BCUT2D eigenvalue weighted by Crippen LogP contribution is 2.33. The van der Waals surface area contributed by atoms with Crippen LogP contribution >= 0.6 is 0 Å². The van der Waals surface area contributed by atoms with Gasteiger partial charge in [0.05, 0.1) is 18.8 Å². The lowest BCUT2D eigenvalue weighted by atomic mass is 10.0. The number of hydrogen-bond donors (Lipinski definition) is 1. The molecule has 2 amide bonds. The molecule has 0 aliphatic carbocycles. The predicted octanol–water partition coefficient (Wildman–Crippen LogP) is 1.91. The van der Waals surface area contributed by atoms with Crippen LogP contribution in [0.4, 0.5) is 0 Å². The minimum Gasteiger partial charge on any atom is -0.444 e. The van der Waals surface area contributed by atoms with Crippen molar-refractivity contribution in [3.05, 3.63) is 72.5 Å². The first-order valence-electron chi connectivity index (χ1n) is 13.2. The van der Waals surface area contributed by atoms with Gasteiger partial charge in [-0.2, -0.15) is 4.31 Å². The topological polar surface area (TPSA) is 160 Å². The van der Waals surface area contributed by atoms with Crippen molar-refractivity contribution < 1.29 is 32.0 Å². The summed E-state index contributed by atoms with van der Waals surface area (Å²) < 4.78 is 32.5. The number of hydrogen-bond acceptors (Lipinski definition) is 9. The second-order valence-electron chi connectivity index (χ2n) is 10.5. The second kappa shape index (κ2) is 11.3. The zero-order chi connectivity index (χ0) is 29.3. The lowest BCUT2D eigenvalue weighted by Gasteiger charge is -2.29. The van der Waals surface area contributed by atoms with E-state index in [2.05, 4.69) is 15.3 Å². The van der Waals surface area contributed by atoms with Crippen LogP contribution < -0.4 is 5.32 Å². The Kier molecular flexibility index (Phi) is 7.82. The number of pyridine rings is 1. The molecule has 2 saturated heterocycles. The van der Waals surface area contributed by atoms with Crippen LogP contribution in [0, 0.1) is 5.92 Å². The van der Waals surface area contributed by atoms with E-state index in [9.17, 15) is 27.6 Å². The molecule has 5 rings (SSSR count). The van der Waals surface area contributed by atoms with Crippen LogP contribution in [0.25, 0.3) is 11.3 Å². The molecule has 2 aromatic heterocycles. The molecule has 2 aliphatic rings. The van der Waals surface area contributed by atoms with Gasteiger partial charge >= 0.3 is 5.12 Å². The Hall–Kier alpha value is -4.23. The van der Waals surface area contributed by atoms with Gasteiger partial charge in [-0.25, -0.2) is 13.4 Å². The van der Waals surface area contributed by atoms with Crippen molar-refractivity contribution in [2.75, 3.05) is 13.1 Å². The monoisotopic (exact) mass is 579 g/mol. The summed E-state index contributed by atoms with van der Waals surface area (Å²) in [4.78, 5) is 61.8. The van der Waals surface area contributed by atoms with Gasteiger partial charge in [-0.15, -0.1) is 0 Å². The number of aromatic nitrogens is 2. The second-order valence-corrected chi connectivity index (χ2v) is 12.2. The molecule has 3 unspecified atom stereocenters. The van der Waals surface area contributed by atoms with E-state index >= 15 is 0 Å². The molecule has 41 heavy (non-hydrogen) atoms. The highest BCUT2D eigenvalue weighted by molar-refractivity contribution is 8.04.